The molecular formula is C21H23Br2N3O3. The normalized spacial score (nSPS) is 19.7. The Morgan fingerprint density at radius 2 is 1.97 bits per heavy atom. The van der Waals surface area contributed by atoms with E-state index in [1.807, 2.05) is 18.2 Å². The predicted molar refractivity (Wildman–Crippen MR) is 117 cm³/mol. The van der Waals surface area contributed by atoms with Crippen LogP contribution in [0.3, 0.4) is 0 Å². The van der Waals surface area contributed by atoms with E-state index in [2.05, 4.69) is 47.1 Å². The van der Waals surface area contributed by atoms with Crippen molar-refractivity contribution in [3.8, 4) is 11.5 Å². The van der Waals surface area contributed by atoms with Crippen molar-refractivity contribution in [3.05, 3.63) is 51.2 Å². The van der Waals surface area contributed by atoms with Crippen LogP contribution in [0.15, 0.2) is 45.6 Å². The molecule has 8 heteroatoms. The molecule has 0 radical (unpaired) electrons. The SMILES string of the molecule is O=C(NCC1CCN(C[C@H]2COc3ccc(Br)cc3O2)CC1)c1cncc(Br)c1. The summed E-state index contributed by atoms with van der Waals surface area (Å²) in [5.74, 6) is 2.03. The number of likely N-dealkylation sites (tertiary alicyclic amines) is 1. The summed E-state index contributed by atoms with van der Waals surface area (Å²) in [6.45, 7) is 4.14. The lowest BCUT2D eigenvalue weighted by Crippen LogP contribution is -2.45. The third-order valence-electron chi connectivity index (χ3n) is 5.31. The molecule has 0 unspecified atom stereocenters. The van der Waals surface area contributed by atoms with Gasteiger partial charge in [0.2, 0.25) is 0 Å². The number of piperidine rings is 1. The van der Waals surface area contributed by atoms with Gasteiger partial charge < -0.3 is 14.8 Å². The molecule has 1 aromatic carbocycles. The Labute approximate surface area is 187 Å². The molecule has 1 fully saturated rings. The number of fused-ring (bicyclic) bond motifs is 1. The summed E-state index contributed by atoms with van der Waals surface area (Å²) in [4.78, 5) is 18.7. The molecular weight excluding hydrogens is 502 g/mol. The van der Waals surface area contributed by atoms with Gasteiger partial charge in [-0.1, -0.05) is 15.9 Å². The first-order chi connectivity index (χ1) is 14.1. The van der Waals surface area contributed by atoms with E-state index in [4.69, 9.17) is 9.47 Å². The van der Waals surface area contributed by atoms with E-state index in [0.29, 0.717) is 24.6 Å². The lowest BCUT2D eigenvalue weighted by Gasteiger charge is -2.35. The van der Waals surface area contributed by atoms with Crippen LogP contribution in [0, 0.1) is 5.92 Å². The van der Waals surface area contributed by atoms with Gasteiger partial charge >= 0.3 is 0 Å². The van der Waals surface area contributed by atoms with E-state index < -0.39 is 0 Å². The molecule has 2 aliphatic heterocycles. The molecule has 2 aliphatic rings. The Kier molecular flexibility index (Phi) is 6.72. The van der Waals surface area contributed by atoms with Crippen molar-refractivity contribution in [2.24, 2.45) is 5.92 Å². The van der Waals surface area contributed by atoms with Crippen LogP contribution in [0.5, 0.6) is 11.5 Å². The zero-order valence-corrected chi connectivity index (χ0v) is 19.1. The van der Waals surface area contributed by atoms with Crippen LogP contribution in [-0.2, 0) is 0 Å². The summed E-state index contributed by atoms with van der Waals surface area (Å²) in [5, 5.41) is 3.04. The number of benzene rings is 1. The van der Waals surface area contributed by atoms with E-state index in [1.54, 1.807) is 18.5 Å². The van der Waals surface area contributed by atoms with Crippen molar-refractivity contribution in [2.75, 3.05) is 32.8 Å². The summed E-state index contributed by atoms with van der Waals surface area (Å²) in [7, 11) is 0. The first kappa shape index (κ1) is 20.6. The van der Waals surface area contributed by atoms with Crippen LogP contribution in [-0.4, -0.2) is 54.7 Å². The molecule has 1 amide bonds. The molecule has 1 aromatic heterocycles. The molecule has 6 nitrogen and oxygen atoms in total. The minimum atomic E-state index is -0.0705. The fourth-order valence-corrected chi connectivity index (χ4v) is 4.42. The van der Waals surface area contributed by atoms with E-state index in [0.717, 1.165) is 52.9 Å². The van der Waals surface area contributed by atoms with Crippen LogP contribution in [0.2, 0.25) is 0 Å². The van der Waals surface area contributed by atoms with Crippen molar-refractivity contribution >= 4 is 37.8 Å². The Hall–Kier alpha value is -1.64. The third kappa shape index (κ3) is 5.49. The van der Waals surface area contributed by atoms with E-state index in [9.17, 15) is 4.79 Å². The lowest BCUT2D eigenvalue weighted by atomic mass is 9.96. The maximum Gasteiger partial charge on any atom is 0.252 e. The number of amides is 1. The highest BCUT2D eigenvalue weighted by molar-refractivity contribution is 9.10. The summed E-state index contributed by atoms with van der Waals surface area (Å²) in [6.07, 6.45) is 5.42. The first-order valence-corrected chi connectivity index (χ1v) is 11.4. The molecule has 3 heterocycles. The first-order valence-electron chi connectivity index (χ1n) is 9.77. The largest absolute Gasteiger partial charge is 0.486 e. The van der Waals surface area contributed by atoms with Crippen molar-refractivity contribution < 1.29 is 14.3 Å². The summed E-state index contributed by atoms with van der Waals surface area (Å²) in [6, 6.07) is 7.63. The van der Waals surface area contributed by atoms with Gasteiger partial charge in [-0.25, -0.2) is 0 Å². The van der Waals surface area contributed by atoms with Crippen LogP contribution < -0.4 is 14.8 Å². The molecule has 0 saturated carbocycles. The monoisotopic (exact) mass is 523 g/mol. The number of nitrogens with one attached hydrogen (secondary N) is 1. The Bertz CT molecular complexity index is 872. The van der Waals surface area contributed by atoms with Gasteiger partial charge in [0.15, 0.2) is 11.5 Å². The van der Waals surface area contributed by atoms with Crippen LogP contribution in [0.4, 0.5) is 0 Å². The number of nitrogens with zero attached hydrogens (tertiary/aromatic N) is 2. The topological polar surface area (TPSA) is 63.7 Å². The molecule has 1 N–H and O–H groups in total. The van der Waals surface area contributed by atoms with E-state index >= 15 is 0 Å². The molecule has 1 atom stereocenters. The number of hydrogen-bond donors (Lipinski definition) is 1. The number of aromatic nitrogens is 1. The average molecular weight is 525 g/mol. The highest BCUT2D eigenvalue weighted by Crippen LogP contribution is 2.34. The second-order valence-corrected chi connectivity index (χ2v) is 9.32. The highest BCUT2D eigenvalue weighted by atomic mass is 79.9. The standard InChI is InChI=1S/C21H23Br2N3O3/c22-16-1-2-19-20(8-16)29-18(13-28-19)12-26-5-3-14(4-6-26)9-25-21(27)15-7-17(23)11-24-10-15/h1-2,7-8,10-11,14,18H,3-6,9,12-13H2,(H,25,27)/t18-/m0/s1. The number of carbonyl (C=O) groups is 1. The highest BCUT2D eigenvalue weighted by Gasteiger charge is 2.26. The smallest absolute Gasteiger partial charge is 0.252 e. The van der Waals surface area contributed by atoms with Crippen molar-refractivity contribution in [1.29, 1.82) is 0 Å². The van der Waals surface area contributed by atoms with Gasteiger partial charge in [-0.2, -0.15) is 0 Å². The lowest BCUT2D eigenvalue weighted by molar-refractivity contribution is 0.0476. The number of pyridine rings is 1. The van der Waals surface area contributed by atoms with Crippen molar-refractivity contribution in [1.82, 2.24) is 15.2 Å². The maximum absolute atomic E-state index is 12.3. The minimum Gasteiger partial charge on any atom is -0.486 e. The summed E-state index contributed by atoms with van der Waals surface area (Å²) >= 11 is 6.83. The average Bonchev–Trinajstić information content (AvgIpc) is 2.73. The Morgan fingerprint density at radius 3 is 2.76 bits per heavy atom. The molecule has 1 saturated heterocycles. The molecule has 0 bridgehead atoms. The third-order valence-corrected chi connectivity index (χ3v) is 6.24. The van der Waals surface area contributed by atoms with Gasteiger partial charge in [-0.15, -0.1) is 0 Å². The zero-order valence-electron chi connectivity index (χ0n) is 15.9. The maximum atomic E-state index is 12.3. The van der Waals surface area contributed by atoms with Crippen molar-refractivity contribution in [2.45, 2.75) is 18.9 Å². The molecule has 2 aromatic rings. The second kappa shape index (κ2) is 9.45. The molecule has 29 heavy (non-hydrogen) atoms. The summed E-state index contributed by atoms with van der Waals surface area (Å²) in [5.41, 5.74) is 0.582. The molecule has 4 rings (SSSR count). The van der Waals surface area contributed by atoms with Crippen LogP contribution in [0.25, 0.3) is 0 Å². The van der Waals surface area contributed by atoms with E-state index in [-0.39, 0.29) is 12.0 Å². The van der Waals surface area contributed by atoms with E-state index in [1.165, 1.54) is 0 Å². The van der Waals surface area contributed by atoms with Gasteiger partial charge in [0, 0.05) is 34.4 Å². The number of ether oxygens (including phenoxy) is 2. The fraction of sp³-hybridized carbons (Fsp3) is 0.429. The Morgan fingerprint density at radius 1 is 1.14 bits per heavy atom. The number of carbonyl (C=O) groups excluding carboxylic acids is 1. The van der Waals surface area contributed by atoms with Crippen LogP contribution >= 0.6 is 31.9 Å². The van der Waals surface area contributed by atoms with Gasteiger partial charge in [0.05, 0.1) is 5.56 Å². The molecule has 154 valence electrons. The number of rotatable bonds is 5. The quantitative estimate of drug-likeness (QED) is 0.643. The number of hydrogen-bond acceptors (Lipinski definition) is 5. The van der Waals surface area contributed by atoms with Gasteiger partial charge in [-0.3, -0.25) is 14.7 Å². The second-order valence-electron chi connectivity index (χ2n) is 7.49. The van der Waals surface area contributed by atoms with Gasteiger partial charge in [0.1, 0.15) is 12.7 Å². The Balaban J connectivity index is 1.20. The summed E-state index contributed by atoms with van der Waals surface area (Å²) < 4.78 is 13.8. The fourth-order valence-electron chi connectivity index (χ4n) is 3.72. The molecule has 0 spiro atoms. The number of halogens is 2. The van der Waals surface area contributed by atoms with Crippen LogP contribution in [0.1, 0.15) is 23.2 Å². The van der Waals surface area contributed by atoms with Crippen molar-refractivity contribution in [3.63, 3.8) is 0 Å². The molecule has 0 aliphatic carbocycles. The minimum absolute atomic E-state index is 0.0390. The van der Waals surface area contributed by atoms with Gasteiger partial charge in [-0.05, 0) is 72.0 Å². The predicted octanol–water partition coefficient (Wildman–Crippen LogP) is 3.89. The van der Waals surface area contributed by atoms with Gasteiger partial charge in [0.25, 0.3) is 5.91 Å². The zero-order chi connectivity index (χ0) is 20.2.